The van der Waals surface area contributed by atoms with Gasteiger partial charge in [0.05, 0.1) is 12.1 Å². The van der Waals surface area contributed by atoms with Crippen LogP contribution in [0, 0.1) is 5.92 Å². The molecule has 2 heterocycles. The molecule has 2 fully saturated rings. The Morgan fingerprint density at radius 2 is 2.29 bits per heavy atom. The molecule has 98 valence electrons. The second-order valence-corrected chi connectivity index (χ2v) is 5.98. The van der Waals surface area contributed by atoms with E-state index in [1.165, 1.54) is 0 Å². The van der Waals surface area contributed by atoms with Gasteiger partial charge in [-0.05, 0) is 18.8 Å². The van der Waals surface area contributed by atoms with Gasteiger partial charge in [0, 0.05) is 32.6 Å². The molecule has 2 rings (SSSR count). The Kier molecular flexibility index (Phi) is 4.70. The van der Waals surface area contributed by atoms with E-state index in [1.54, 1.807) is 7.11 Å². The zero-order valence-electron chi connectivity index (χ0n) is 10.7. The van der Waals surface area contributed by atoms with E-state index in [0.29, 0.717) is 5.92 Å². The molecule has 2 aliphatic rings. The van der Waals surface area contributed by atoms with Gasteiger partial charge in [-0.3, -0.25) is 4.99 Å². The Labute approximate surface area is 108 Å². The highest BCUT2D eigenvalue weighted by molar-refractivity contribution is 8.14. The predicted octanol–water partition coefficient (Wildman–Crippen LogP) is 1.51. The summed E-state index contributed by atoms with van der Waals surface area (Å²) < 4.78 is 10.5. The van der Waals surface area contributed by atoms with Crippen molar-refractivity contribution in [2.45, 2.75) is 25.3 Å². The average molecular weight is 258 g/mol. The van der Waals surface area contributed by atoms with Crippen LogP contribution in [0.5, 0.6) is 0 Å². The van der Waals surface area contributed by atoms with Gasteiger partial charge in [-0.25, -0.2) is 0 Å². The van der Waals surface area contributed by atoms with Crippen LogP contribution >= 0.6 is 11.8 Å². The quantitative estimate of drug-likeness (QED) is 0.830. The van der Waals surface area contributed by atoms with Crippen LogP contribution in [0.4, 0.5) is 0 Å². The van der Waals surface area contributed by atoms with Crippen LogP contribution in [0.1, 0.15) is 19.8 Å². The Hall–Kier alpha value is -0.260. The highest BCUT2D eigenvalue weighted by Crippen LogP contribution is 2.31. The lowest BCUT2D eigenvalue weighted by molar-refractivity contribution is 0.0555. The highest BCUT2D eigenvalue weighted by Gasteiger charge is 2.38. The summed E-state index contributed by atoms with van der Waals surface area (Å²) in [6.07, 6.45) is 2.21. The molecule has 17 heavy (non-hydrogen) atoms. The van der Waals surface area contributed by atoms with Gasteiger partial charge in [-0.15, -0.1) is 0 Å². The predicted molar refractivity (Wildman–Crippen MR) is 71.7 cm³/mol. The van der Waals surface area contributed by atoms with Crippen LogP contribution < -0.4 is 5.32 Å². The van der Waals surface area contributed by atoms with E-state index in [4.69, 9.17) is 9.47 Å². The number of ether oxygens (including phenoxy) is 2. The molecule has 0 aromatic carbocycles. The van der Waals surface area contributed by atoms with Gasteiger partial charge in [-0.1, -0.05) is 18.7 Å². The molecular weight excluding hydrogens is 236 g/mol. The first-order chi connectivity index (χ1) is 8.24. The summed E-state index contributed by atoms with van der Waals surface area (Å²) >= 11 is 1.85. The highest BCUT2D eigenvalue weighted by atomic mass is 32.2. The molecule has 0 radical (unpaired) electrons. The summed E-state index contributed by atoms with van der Waals surface area (Å²) in [5.74, 6) is 1.62. The summed E-state index contributed by atoms with van der Waals surface area (Å²) in [5, 5.41) is 4.70. The lowest BCUT2D eigenvalue weighted by Crippen LogP contribution is -2.48. The van der Waals surface area contributed by atoms with Crippen molar-refractivity contribution in [2.75, 3.05) is 39.2 Å². The Morgan fingerprint density at radius 1 is 1.53 bits per heavy atom. The fourth-order valence-electron chi connectivity index (χ4n) is 2.20. The second-order valence-electron chi connectivity index (χ2n) is 5.01. The fourth-order valence-corrected chi connectivity index (χ4v) is 3.43. The Balaban J connectivity index is 1.82. The molecular formula is C12H22N2O2S. The zero-order valence-corrected chi connectivity index (χ0v) is 11.5. The van der Waals surface area contributed by atoms with E-state index in [2.05, 4.69) is 17.2 Å². The number of nitrogens with one attached hydrogen (secondary N) is 1. The molecule has 1 spiro atoms. The van der Waals surface area contributed by atoms with E-state index in [-0.39, 0.29) is 5.54 Å². The first-order valence-electron chi connectivity index (χ1n) is 6.26. The van der Waals surface area contributed by atoms with Crippen molar-refractivity contribution in [2.24, 2.45) is 10.9 Å². The van der Waals surface area contributed by atoms with Crippen molar-refractivity contribution in [1.82, 2.24) is 5.32 Å². The summed E-state index contributed by atoms with van der Waals surface area (Å²) in [4.78, 5) is 4.64. The largest absolute Gasteiger partial charge is 0.384 e. The van der Waals surface area contributed by atoms with Gasteiger partial charge in [0.25, 0.3) is 0 Å². The van der Waals surface area contributed by atoms with E-state index < -0.39 is 0 Å². The molecule has 0 aliphatic carbocycles. The number of hydrogen-bond acceptors (Lipinski definition) is 4. The minimum Gasteiger partial charge on any atom is -0.384 e. The van der Waals surface area contributed by atoms with Gasteiger partial charge in [0.1, 0.15) is 0 Å². The van der Waals surface area contributed by atoms with Gasteiger partial charge in [0.2, 0.25) is 0 Å². The van der Waals surface area contributed by atoms with Crippen molar-refractivity contribution in [3.05, 3.63) is 0 Å². The topological polar surface area (TPSA) is 42.8 Å². The lowest BCUT2D eigenvalue weighted by atomic mass is 9.93. The SMILES string of the molecule is COCC(C)CN=C1NC2(CCOCC2)CS1. The van der Waals surface area contributed by atoms with Crippen molar-refractivity contribution in [3.8, 4) is 0 Å². The van der Waals surface area contributed by atoms with Crippen LogP contribution in [0.25, 0.3) is 0 Å². The molecule has 2 aliphatic heterocycles. The van der Waals surface area contributed by atoms with E-state index in [9.17, 15) is 0 Å². The molecule has 1 unspecified atom stereocenters. The monoisotopic (exact) mass is 258 g/mol. The molecule has 0 aromatic heterocycles. The van der Waals surface area contributed by atoms with Crippen molar-refractivity contribution >= 4 is 16.9 Å². The van der Waals surface area contributed by atoms with Crippen LogP contribution in [-0.2, 0) is 9.47 Å². The minimum absolute atomic E-state index is 0.256. The summed E-state index contributed by atoms with van der Waals surface area (Å²) in [7, 11) is 1.74. The third-order valence-electron chi connectivity index (χ3n) is 3.30. The van der Waals surface area contributed by atoms with E-state index >= 15 is 0 Å². The van der Waals surface area contributed by atoms with Gasteiger partial charge in [0.15, 0.2) is 5.17 Å². The van der Waals surface area contributed by atoms with Crippen molar-refractivity contribution < 1.29 is 9.47 Å². The number of rotatable bonds is 4. The van der Waals surface area contributed by atoms with Crippen LogP contribution in [-0.4, -0.2) is 49.9 Å². The number of thioether (sulfide) groups is 1. The smallest absolute Gasteiger partial charge is 0.157 e. The molecule has 5 heteroatoms. The Bertz CT molecular complexity index is 278. The molecule has 0 amide bonds. The number of aliphatic imine (C=N–C) groups is 1. The first-order valence-corrected chi connectivity index (χ1v) is 7.25. The summed E-state index contributed by atoms with van der Waals surface area (Å²) in [5.41, 5.74) is 0.256. The van der Waals surface area contributed by atoms with Gasteiger partial charge in [-0.2, -0.15) is 0 Å². The molecule has 1 N–H and O–H groups in total. The van der Waals surface area contributed by atoms with Crippen molar-refractivity contribution in [3.63, 3.8) is 0 Å². The molecule has 0 saturated carbocycles. The maximum absolute atomic E-state index is 5.42. The average Bonchev–Trinajstić information content (AvgIpc) is 2.71. The van der Waals surface area contributed by atoms with Crippen LogP contribution in [0.15, 0.2) is 4.99 Å². The second kappa shape index (κ2) is 6.07. The normalized spacial score (nSPS) is 27.3. The number of amidine groups is 1. The maximum Gasteiger partial charge on any atom is 0.157 e. The van der Waals surface area contributed by atoms with E-state index in [0.717, 1.165) is 50.1 Å². The van der Waals surface area contributed by atoms with Gasteiger partial charge >= 0.3 is 0 Å². The third-order valence-corrected chi connectivity index (χ3v) is 4.51. The standard InChI is InChI=1S/C12H22N2O2S/c1-10(8-15-2)7-13-11-14-12(9-17-11)3-5-16-6-4-12/h10H,3-9H2,1-2H3,(H,13,14). The number of methoxy groups -OCH3 is 1. The third kappa shape index (κ3) is 3.60. The van der Waals surface area contributed by atoms with Crippen LogP contribution in [0.3, 0.4) is 0 Å². The molecule has 2 saturated heterocycles. The van der Waals surface area contributed by atoms with Crippen LogP contribution in [0.2, 0.25) is 0 Å². The van der Waals surface area contributed by atoms with E-state index in [1.807, 2.05) is 11.8 Å². The van der Waals surface area contributed by atoms with Gasteiger partial charge < -0.3 is 14.8 Å². The minimum atomic E-state index is 0.256. The lowest BCUT2D eigenvalue weighted by Gasteiger charge is -2.32. The first kappa shape index (κ1) is 13.2. The molecule has 4 nitrogen and oxygen atoms in total. The molecule has 0 bridgehead atoms. The number of hydrogen-bond donors (Lipinski definition) is 1. The Morgan fingerprint density at radius 3 is 3.00 bits per heavy atom. The zero-order chi connectivity index (χ0) is 12.1. The van der Waals surface area contributed by atoms with Crippen molar-refractivity contribution in [1.29, 1.82) is 0 Å². The molecule has 1 atom stereocenters. The maximum atomic E-state index is 5.42. The summed E-state index contributed by atoms with van der Waals surface area (Å²) in [6.45, 7) is 5.54. The number of nitrogens with zero attached hydrogens (tertiary/aromatic N) is 1. The molecule has 0 aromatic rings. The fraction of sp³-hybridized carbons (Fsp3) is 0.917. The summed E-state index contributed by atoms with van der Waals surface area (Å²) in [6, 6.07) is 0.